The number of rotatable bonds is 10. The fourth-order valence-corrected chi connectivity index (χ4v) is 3.40. The second kappa shape index (κ2) is 10.1. The van der Waals surface area contributed by atoms with E-state index in [1.54, 1.807) is 0 Å². The third-order valence-corrected chi connectivity index (χ3v) is 4.86. The minimum Gasteiger partial charge on any atom is -0.481 e. The van der Waals surface area contributed by atoms with Crippen molar-refractivity contribution in [3.8, 4) is 0 Å². The molecule has 152 valence electrons. The van der Waals surface area contributed by atoms with Crippen molar-refractivity contribution in [1.29, 1.82) is 0 Å². The number of nitrogens with one attached hydrogen (secondary N) is 1. The molecule has 1 atom stereocenters. The van der Waals surface area contributed by atoms with Crippen molar-refractivity contribution in [2.45, 2.75) is 66.0 Å². The zero-order valence-electron chi connectivity index (χ0n) is 17.2. The highest BCUT2D eigenvalue weighted by Gasteiger charge is 2.18. The van der Waals surface area contributed by atoms with Crippen LogP contribution in [-0.2, 0) is 22.6 Å². The zero-order chi connectivity index (χ0) is 20.7. The van der Waals surface area contributed by atoms with E-state index in [-0.39, 0.29) is 18.4 Å². The van der Waals surface area contributed by atoms with Gasteiger partial charge >= 0.3 is 5.97 Å². The first kappa shape index (κ1) is 21.7. The first-order valence-electron chi connectivity index (χ1n) is 9.87. The molecule has 1 aromatic carbocycles. The number of carbonyl (C=O) groups excluding carboxylic acids is 1. The van der Waals surface area contributed by atoms with Crippen LogP contribution in [0.5, 0.6) is 0 Å². The molecule has 0 aliphatic heterocycles. The van der Waals surface area contributed by atoms with Crippen LogP contribution in [0.15, 0.2) is 30.3 Å². The summed E-state index contributed by atoms with van der Waals surface area (Å²) in [5.41, 5.74) is 4.13. The van der Waals surface area contributed by atoms with Crippen molar-refractivity contribution >= 4 is 11.9 Å². The van der Waals surface area contributed by atoms with Crippen molar-refractivity contribution in [3.05, 3.63) is 52.8 Å². The normalized spacial score (nSPS) is 12.2. The first-order chi connectivity index (χ1) is 13.3. The summed E-state index contributed by atoms with van der Waals surface area (Å²) < 4.78 is 2.02. The molecule has 28 heavy (non-hydrogen) atoms. The van der Waals surface area contributed by atoms with Crippen LogP contribution in [0.25, 0.3) is 0 Å². The number of aliphatic carboxylic acids is 1. The predicted octanol–water partition coefficient (Wildman–Crippen LogP) is 3.81. The smallest absolute Gasteiger partial charge is 0.303 e. The number of carbonyl (C=O) groups is 2. The van der Waals surface area contributed by atoms with Crippen molar-refractivity contribution in [1.82, 2.24) is 15.1 Å². The van der Waals surface area contributed by atoms with Crippen LogP contribution in [-0.4, -0.2) is 26.8 Å². The van der Waals surface area contributed by atoms with Crippen LogP contribution < -0.4 is 5.32 Å². The maximum Gasteiger partial charge on any atom is 0.303 e. The Morgan fingerprint density at radius 1 is 1.14 bits per heavy atom. The van der Waals surface area contributed by atoms with Crippen molar-refractivity contribution in [2.75, 3.05) is 0 Å². The number of carboxylic acid groups (broad SMARTS) is 1. The molecule has 0 aliphatic carbocycles. The van der Waals surface area contributed by atoms with Gasteiger partial charge in [0.05, 0.1) is 11.7 Å². The number of hydrogen-bond acceptors (Lipinski definition) is 3. The molecule has 0 saturated heterocycles. The van der Waals surface area contributed by atoms with E-state index in [1.165, 1.54) is 0 Å². The summed E-state index contributed by atoms with van der Waals surface area (Å²) in [4.78, 5) is 23.5. The second-order valence-corrected chi connectivity index (χ2v) is 7.69. The number of benzene rings is 1. The Morgan fingerprint density at radius 3 is 2.43 bits per heavy atom. The molecule has 0 fully saturated rings. The molecular formula is C22H31N3O3. The molecule has 1 aromatic heterocycles. The number of nitrogens with zero attached hydrogens (tertiary/aromatic N) is 2. The Kier molecular flexibility index (Phi) is 7.79. The average molecular weight is 386 g/mol. The fraction of sp³-hybridized carbons (Fsp3) is 0.500. The number of aryl methyl sites for hydroxylation is 1. The molecule has 2 rings (SSSR count). The van der Waals surface area contributed by atoms with Crippen LogP contribution >= 0.6 is 0 Å². The van der Waals surface area contributed by atoms with Gasteiger partial charge in [-0.3, -0.25) is 14.3 Å². The molecule has 0 radical (unpaired) electrons. The monoisotopic (exact) mass is 385 g/mol. The van der Waals surface area contributed by atoms with E-state index >= 15 is 0 Å². The Balaban J connectivity index is 2.01. The van der Waals surface area contributed by atoms with Gasteiger partial charge in [-0.2, -0.15) is 5.10 Å². The zero-order valence-corrected chi connectivity index (χ0v) is 17.2. The van der Waals surface area contributed by atoms with E-state index in [9.17, 15) is 9.59 Å². The highest BCUT2D eigenvalue weighted by atomic mass is 16.4. The predicted molar refractivity (Wildman–Crippen MR) is 109 cm³/mol. The lowest BCUT2D eigenvalue weighted by Gasteiger charge is -2.18. The van der Waals surface area contributed by atoms with Gasteiger partial charge in [0.25, 0.3) is 0 Å². The Bertz CT molecular complexity index is 797. The Labute approximate surface area is 167 Å². The van der Waals surface area contributed by atoms with E-state index in [0.29, 0.717) is 25.2 Å². The van der Waals surface area contributed by atoms with Gasteiger partial charge in [0, 0.05) is 25.1 Å². The summed E-state index contributed by atoms with van der Waals surface area (Å²) in [6, 6.07) is 9.22. The summed E-state index contributed by atoms with van der Waals surface area (Å²) in [6.07, 6.45) is 1.36. The summed E-state index contributed by atoms with van der Waals surface area (Å²) in [7, 11) is 0. The van der Waals surface area contributed by atoms with Gasteiger partial charge in [0.1, 0.15) is 0 Å². The van der Waals surface area contributed by atoms with Crippen LogP contribution in [0.2, 0.25) is 0 Å². The average Bonchev–Trinajstić information content (AvgIpc) is 2.90. The number of carboxylic acids is 1. The highest BCUT2D eigenvalue weighted by Crippen LogP contribution is 2.20. The summed E-state index contributed by atoms with van der Waals surface area (Å²) >= 11 is 0. The molecule has 0 bridgehead atoms. The summed E-state index contributed by atoms with van der Waals surface area (Å²) in [5.74, 6) is -0.427. The van der Waals surface area contributed by atoms with E-state index in [1.807, 2.05) is 41.9 Å². The molecule has 2 N–H and O–H groups in total. The number of hydrogen-bond donors (Lipinski definition) is 2. The summed E-state index contributed by atoms with van der Waals surface area (Å²) in [6.45, 7) is 9.21. The quantitative estimate of drug-likeness (QED) is 0.651. The molecule has 0 spiro atoms. The number of amides is 1. The third kappa shape index (κ3) is 6.22. The van der Waals surface area contributed by atoms with Crippen molar-refractivity contribution in [2.24, 2.45) is 5.92 Å². The van der Waals surface area contributed by atoms with Gasteiger partial charge in [-0.1, -0.05) is 44.2 Å². The lowest BCUT2D eigenvalue weighted by atomic mass is 10.0. The molecule has 1 heterocycles. The topological polar surface area (TPSA) is 84.2 Å². The van der Waals surface area contributed by atoms with Gasteiger partial charge < -0.3 is 10.4 Å². The molecule has 0 aliphatic rings. The van der Waals surface area contributed by atoms with E-state index in [4.69, 9.17) is 5.11 Å². The molecular weight excluding hydrogens is 354 g/mol. The number of aromatic nitrogens is 2. The van der Waals surface area contributed by atoms with E-state index in [0.717, 1.165) is 29.1 Å². The van der Waals surface area contributed by atoms with Crippen LogP contribution in [0.1, 0.15) is 61.7 Å². The highest BCUT2D eigenvalue weighted by molar-refractivity contribution is 5.77. The summed E-state index contributed by atoms with van der Waals surface area (Å²) in [5, 5.41) is 16.6. The maximum atomic E-state index is 12.6. The Hall–Kier alpha value is -2.63. The minimum absolute atomic E-state index is 0.0139. The molecule has 2 aromatic rings. The third-order valence-electron chi connectivity index (χ3n) is 4.86. The van der Waals surface area contributed by atoms with Crippen LogP contribution in [0.3, 0.4) is 0 Å². The standard InChI is InChI=1S/C22H31N3O3/c1-15(2)14-25-17(4)19(16(3)24-25)10-12-21(26)23-20(11-13-22(27)28)18-8-6-5-7-9-18/h5-9,15,20H,10-14H2,1-4H3,(H,23,26)(H,27,28). The molecule has 1 unspecified atom stereocenters. The Morgan fingerprint density at radius 2 is 1.82 bits per heavy atom. The van der Waals surface area contributed by atoms with Gasteiger partial charge in [-0.25, -0.2) is 0 Å². The van der Waals surface area contributed by atoms with Gasteiger partial charge in [-0.05, 0) is 43.7 Å². The van der Waals surface area contributed by atoms with E-state index < -0.39 is 5.97 Å². The van der Waals surface area contributed by atoms with Crippen LogP contribution in [0, 0.1) is 19.8 Å². The molecule has 0 saturated carbocycles. The van der Waals surface area contributed by atoms with Gasteiger partial charge in [0.15, 0.2) is 0 Å². The molecule has 1 amide bonds. The largest absolute Gasteiger partial charge is 0.481 e. The second-order valence-electron chi connectivity index (χ2n) is 7.69. The lowest BCUT2D eigenvalue weighted by molar-refractivity contribution is -0.137. The van der Waals surface area contributed by atoms with Gasteiger partial charge in [-0.15, -0.1) is 0 Å². The molecule has 6 heteroatoms. The van der Waals surface area contributed by atoms with E-state index in [2.05, 4.69) is 31.2 Å². The van der Waals surface area contributed by atoms with Gasteiger partial charge in [0.2, 0.25) is 5.91 Å². The minimum atomic E-state index is -0.862. The maximum absolute atomic E-state index is 12.6. The van der Waals surface area contributed by atoms with Crippen LogP contribution in [0.4, 0.5) is 0 Å². The SMILES string of the molecule is Cc1nn(CC(C)C)c(C)c1CCC(=O)NC(CCC(=O)O)c1ccccc1. The fourth-order valence-electron chi connectivity index (χ4n) is 3.40. The van der Waals surface area contributed by atoms with Crippen molar-refractivity contribution < 1.29 is 14.7 Å². The first-order valence-corrected chi connectivity index (χ1v) is 9.87. The van der Waals surface area contributed by atoms with Crippen molar-refractivity contribution in [3.63, 3.8) is 0 Å². The lowest BCUT2D eigenvalue weighted by Crippen LogP contribution is -2.29. The molecule has 6 nitrogen and oxygen atoms in total.